The molecule has 1 rings (SSSR count). The van der Waals surface area contributed by atoms with Crippen LogP contribution in [0.2, 0.25) is 0 Å². The van der Waals surface area contributed by atoms with Gasteiger partial charge in [-0.25, -0.2) is 0 Å². The zero-order valence-corrected chi connectivity index (χ0v) is 10.7. The molecule has 1 saturated heterocycles. The van der Waals surface area contributed by atoms with Gasteiger partial charge in [0, 0.05) is 12.1 Å². The highest BCUT2D eigenvalue weighted by Crippen LogP contribution is 2.20. The van der Waals surface area contributed by atoms with Gasteiger partial charge in [0.1, 0.15) is 0 Å². The van der Waals surface area contributed by atoms with Gasteiger partial charge in [0.15, 0.2) is 0 Å². The van der Waals surface area contributed by atoms with E-state index in [-0.39, 0.29) is 0 Å². The summed E-state index contributed by atoms with van der Waals surface area (Å²) in [7, 11) is 0. The Hall–Kier alpha value is -0.0800. The maximum absolute atomic E-state index is 6.09. The first-order valence-corrected chi connectivity index (χ1v) is 6.64. The minimum absolute atomic E-state index is 0.379. The summed E-state index contributed by atoms with van der Waals surface area (Å²) in [4.78, 5) is 2.66. The Bertz CT molecular complexity index is 168. The summed E-state index contributed by atoms with van der Waals surface area (Å²) in [5.41, 5.74) is 6.09. The van der Waals surface area contributed by atoms with E-state index in [2.05, 4.69) is 25.7 Å². The third kappa shape index (κ3) is 4.12. The van der Waals surface area contributed by atoms with Crippen LogP contribution in [0, 0.1) is 5.92 Å². The van der Waals surface area contributed by atoms with E-state index in [0.717, 1.165) is 12.5 Å². The second-order valence-corrected chi connectivity index (χ2v) is 5.29. The molecule has 0 aromatic carbocycles. The van der Waals surface area contributed by atoms with Crippen molar-refractivity contribution in [2.75, 3.05) is 13.1 Å². The average Bonchev–Trinajstić information content (AvgIpc) is 2.26. The molecule has 1 heterocycles. The van der Waals surface area contributed by atoms with Gasteiger partial charge in [-0.2, -0.15) is 0 Å². The molecule has 0 spiro atoms. The van der Waals surface area contributed by atoms with Gasteiger partial charge in [0.25, 0.3) is 0 Å². The molecule has 0 radical (unpaired) electrons. The van der Waals surface area contributed by atoms with Crippen molar-refractivity contribution >= 4 is 0 Å². The second-order valence-electron chi connectivity index (χ2n) is 5.29. The number of hydrogen-bond donors (Lipinski definition) is 1. The van der Waals surface area contributed by atoms with Crippen molar-refractivity contribution in [3.63, 3.8) is 0 Å². The first kappa shape index (κ1) is 13.0. The highest BCUT2D eigenvalue weighted by atomic mass is 15.2. The summed E-state index contributed by atoms with van der Waals surface area (Å²) in [6.07, 6.45) is 6.66. The summed E-state index contributed by atoms with van der Waals surface area (Å²) >= 11 is 0. The highest BCUT2D eigenvalue weighted by molar-refractivity contribution is 4.77. The molecule has 2 atom stereocenters. The summed E-state index contributed by atoms with van der Waals surface area (Å²) in [5.74, 6) is 0.620. The van der Waals surface area contributed by atoms with Gasteiger partial charge < -0.3 is 10.6 Å². The predicted octanol–water partition coefficient (Wildman–Crippen LogP) is 2.62. The van der Waals surface area contributed by atoms with E-state index < -0.39 is 0 Å². The quantitative estimate of drug-likeness (QED) is 0.759. The Kier molecular flexibility index (Phi) is 5.62. The molecule has 0 aromatic rings. The summed E-state index contributed by atoms with van der Waals surface area (Å²) in [5, 5.41) is 0. The van der Waals surface area contributed by atoms with Crippen LogP contribution in [-0.2, 0) is 0 Å². The zero-order chi connectivity index (χ0) is 11.3. The lowest BCUT2D eigenvalue weighted by molar-refractivity contribution is 0.137. The molecule has 2 heteroatoms. The van der Waals surface area contributed by atoms with Gasteiger partial charge in [0.2, 0.25) is 0 Å². The van der Waals surface area contributed by atoms with Crippen molar-refractivity contribution in [1.82, 2.24) is 4.90 Å². The Morgan fingerprint density at radius 3 is 2.67 bits per heavy atom. The first-order chi connectivity index (χ1) is 7.15. The molecule has 1 aliphatic heterocycles. The molecule has 2 unspecified atom stereocenters. The van der Waals surface area contributed by atoms with Gasteiger partial charge >= 0.3 is 0 Å². The van der Waals surface area contributed by atoms with Crippen LogP contribution in [0.4, 0.5) is 0 Å². The normalized spacial score (nSPS) is 25.8. The molecule has 2 nitrogen and oxygen atoms in total. The number of nitrogens with zero attached hydrogens (tertiary/aromatic N) is 1. The van der Waals surface area contributed by atoms with Crippen LogP contribution < -0.4 is 5.73 Å². The maximum atomic E-state index is 6.09. The van der Waals surface area contributed by atoms with E-state index in [1.165, 1.54) is 38.8 Å². The lowest BCUT2D eigenvalue weighted by atomic mass is 9.97. The molecular weight excluding hydrogens is 184 g/mol. The van der Waals surface area contributed by atoms with Crippen LogP contribution >= 0.6 is 0 Å². The van der Waals surface area contributed by atoms with Gasteiger partial charge in [-0.05, 0) is 44.7 Å². The fourth-order valence-corrected chi connectivity index (χ4v) is 2.46. The standard InChI is InChI=1S/C13H28N2/c1-4-12-7-5-6-9-15(12)10-8-13(14)11(2)3/h11-13H,4-10,14H2,1-3H3. The van der Waals surface area contributed by atoms with E-state index in [0.29, 0.717) is 12.0 Å². The number of piperidine rings is 1. The molecule has 1 fully saturated rings. The third-order valence-electron chi connectivity index (χ3n) is 3.83. The van der Waals surface area contributed by atoms with Crippen LogP contribution in [0.1, 0.15) is 52.9 Å². The molecule has 2 N–H and O–H groups in total. The van der Waals surface area contributed by atoms with Crippen LogP contribution in [0.25, 0.3) is 0 Å². The maximum Gasteiger partial charge on any atom is 0.00926 e. The molecule has 0 aliphatic carbocycles. The van der Waals surface area contributed by atoms with Crippen LogP contribution in [-0.4, -0.2) is 30.1 Å². The van der Waals surface area contributed by atoms with Crippen molar-refractivity contribution in [3.05, 3.63) is 0 Å². The van der Waals surface area contributed by atoms with E-state index in [9.17, 15) is 0 Å². The average molecular weight is 212 g/mol. The van der Waals surface area contributed by atoms with E-state index in [1.807, 2.05) is 0 Å². The number of rotatable bonds is 5. The summed E-state index contributed by atoms with van der Waals surface area (Å²) in [6, 6.07) is 1.21. The SMILES string of the molecule is CCC1CCCCN1CCC(N)C(C)C. The fourth-order valence-electron chi connectivity index (χ4n) is 2.46. The molecule has 1 aliphatic rings. The Morgan fingerprint density at radius 1 is 1.33 bits per heavy atom. The Labute approximate surface area is 95.2 Å². The zero-order valence-electron chi connectivity index (χ0n) is 10.7. The monoisotopic (exact) mass is 212 g/mol. The van der Waals surface area contributed by atoms with Crippen LogP contribution in [0.15, 0.2) is 0 Å². The van der Waals surface area contributed by atoms with E-state index in [1.54, 1.807) is 0 Å². The van der Waals surface area contributed by atoms with Crippen molar-refractivity contribution in [3.8, 4) is 0 Å². The lowest BCUT2D eigenvalue weighted by Gasteiger charge is -2.36. The van der Waals surface area contributed by atoms with Crippen molar-refractivity contribution in [2.45, 2.75) is 65.0 Å². The minimum atomic E-state index is 0.379. The molecule has 0 aromatic heterocycles. The smallest absolute Gasteiger partial charge is 0.00926 e. The summed E-state index contributed by atoms with van der Waals surface area (Å²) in [6.45, 7) is 9.25. The largest absolute Gasteiger partial charge is 0.327 e. The number of nitrogens with two attached hydrogens (primary N) is 1. The number of hydrogen-bond acceptors (Lipinski definition) is 2. The Balaban J connectivity index is 2.29. The predicted molar refractivity (Wildman–Crippen MR) is 66.9 cm³/mol. The molecular formula is C13H28N2. The van der Waals surface area contributed by atoms with Gasteiger partial charge in [-0.15, -0.1) is 0 Å². The molecule has 0 amide bonds. The highest BCUT2D eigenvalue weighted by Gasteiger charge is 2.21. The van der Waals surface area contributed by atoms with Crippen molar-refractivity contribution < 1.29 is 0 Å². The third-order valence-corrected chi connectivity index (χ3v) is 3.83. The molecule has 0 bridgehead atoms. The van der Waals surface area contributed by atoms with Crippen molar-refractivity contribution in [2.24, 2.45) is 11.7 Å². The molecule has 90 valence electrons. The molecule has 0 saturated carbocycles. The van der Waals surface area contributed by atoms with Gasteiger partial charge in [-0.3, -0.25) is 0 Å². The van der Waals surface area contributed by atoms with Crippen molar-refractivity contribution in [1.29, 1.82) is 0 Å². The Morgan fingerprint density at radius 2 is 2.07 bits per heavy atom. The molecule has 15 heavy (non-hydrogen) atoms. The van der Waals surface area contributed by atoms with Gasteiger partial charge in [-0.1, -0.05) is 27.2 Å². The van der Waals surface area contributed by atoms with Gasteiger partial charge in [0.05, 0.1) is 0 Å². The van der Waals surface area contributed by atoms with Crippen LogP contribution in [0.5, 0.6) is 0 Å². The second kappa shape index (κ2) is 6.49. The van der Waals surface area contributed by atoms with Crippen LogP contribution in [0.3, 0.4) is 0 Å². The number of likely N-dealkylation sites (tertiary alicyclic amines) is 1. The topological polar surface area (TPSA) is 29.3 Å². The minimum Gasteiger partial charge on any atom is -0.327 e. The fraction of sp³-hybridized carbons (Fsp3) is 1.00. The first-order valence-electron chi connectivity index (χ1n) is 6.64. The van der Waals surface area contributed by atoms with E-state index in [4.69, 9.17) is 5.73 Å². The lowest BCUT2D eigenvalue weighted by Crippen LogP contribution is -2.42. The summed E-state index contributed by atoms with van der Waals surface area (Å²) < 4.78 is 0. The van der Waals surface area contributed by atoms with E-state index >= 15 is 0 Å².